The molecular formula is C8H14O4. The lowest BCUT2D eigenvalue weighted by molar-refractivity contribution is -0.131. The summed E-state index contributed by atoms with van der Waals surface area (Å²) in [5.41, 5.74) is 0. The number of rotatable bonds is 5. The second kappa shape index (κ2) is 5.60. The SMILES string of the molecule is CCCCC(O)C(O)=CC(=O)O. The lowest BCUT2D eigenvalue weighted by Crippen LogP contribution is -2.11. The Kier molecular flexibility index (Phi) is 5.12. The Hall–Kier alpha value is -1.03. The largest absolute Gasteiger partial charge is 0.509 e. The summed E-state index contributed by atoms with van der Waals surface area (Å²) in [6.45, 7) is 1.95. The van der Waals surface area contributed by atoms with E-state index in [0.29, 0.717) is 12.5 Å². The second-order valence-electron chi connectivity index (χ2n) is 2.57. The van der Waals surface area contributed by atoms with Crippen LogP contribution in [0.15, 0.2) is 11.8 Å². The van der Waals surface area contributed by atoms with Crippen LogP contribution in [0.4, 0.5) is 0 Å². The van der Waals surface area contributed by atoms with Crippen molar-refractivity contribution in [2.75, 3.05) is 0 Å². The van der Waals surface area contributed by atoms with Crippen molar-refractivity contribution < 1.29 is 20.1 Å². The van der Waals surface area contributed by atoms with Crippen LogP contribution in [0, 0.1) is 0 Å². The Morgan fingerprint density at radius 2 is 2.08 bits per heavy atom. The van der Waals surface area contributed by atoms with Gasteiger partial charge < -0.3 is 15.3 Å². The predicted octanol–water partition coefficient (Wildman–Crippen LogP) is 1.06. The summed E-state index contributed by atoms with van der Waals surface area (Å²) in [7, 11) is 0. The van der Waals surface area contributed by atoms with Crippen molar-refractivity contribution in [1.82, 2.24) is 0 Å². The van der Waals surface area contributed by atoms with Gasteiger partial charge in [-0.05, 0) is 6.42 Å². The molecule has 0 fully saturated rings. The molecule has 0 amide bonds. The van der Waals surface area contributed by atoms with Crippen LogP contribution in [0.1, 0.15) is 26.2 Å². The fourth-order valence-corrected chi connectivity index (χ4v) is 0.768. The highest BCUT2D eigenvalue weighted by atomic mass is 16.4. The van der Waals surface area contributed by atoms with Crippen molar-refractivity contribution in [3.8, 4) is 0 Å². The molecule has 0 aromatic carbocycles. The van der Waals surface area contributed by atoms with E-state index < -0.39 is 17.8 Å². The van der Waals surface area contributed by atoms with Crippen LogP contribution in [0.3, 0.4) is 0 Å². The number of aliphatic carboxylic acids is 1. The standard InChI is InChI=1S/C8H14O4/c1-2-3-4-6(9)7(10)5-8(11)12/h5-6,9-10H,2-4H2,1H3,(H,11,12). The van der Waals surface area contributed by atoms with Gasteiger partial charge in [0.2, 0.25) is 0 Å². The maximum atomic E-state index is 10.0. The number of carboxylic acids is 1. The molecule has 0 aromatic rings. The quantitative estimate of drug-likeness (QED) is 0.430. The summed E-state index contributed by atoms with van der Waals surface area (Å²) in [6.07, 6.45) is 1.63. The molecule has 0 saturated carbocycles. The fourth-order valence-electron chi connectivity index (χ4n) is 0.768. The molecule has 0 aliphatic carbocycles. The summed E-state index contributed by atoms with van der Waals surface area (Å²) in [4.78, 5) is 10.0. The number of unbranched alkanes of at least 4 members (excludes halogenated alkanes) is 1. The molecule has 0 saturated heterocycles. The van der Waals surface area contributed by atoms with Crippen molar-refractivity contribution in [3.05, 3.63) is 11.8 Å². The molecule has 4 heteroatoms. The molecule has 0 rings (SSSR count). The monoisotopic (exact) mass is 174 g/mol. The molecular weight excluding hydrogens is 160 g/mol. The Labute approximate surface area is 71.1 Å². The third-order valence-corrected chi connectivity index (χ3v) is 1.44. The summed E-state index contributed by atoms with van der Waals surface area (Å²) < 4.78 is 0. The molecule has 12 heavy (non-hydrogen) atoms. The molecule has 0 heterocycles. The zero-order valence-corrected chi connectivity index (χ0v) is 7.03. The highest BCUT2D eigenvalue weighted by molar-refractivity contribution is 5.80. The van der Waals surface area contributed by atoms with Gasteiger partial charge in [-0.15, -0.1) is 0 Å². The zero-order valence-electron chi connectivity index (χ0n) is 7.03. The smallest absolute Gasteiger partial charge is 0.331 e. The molecule has 0 aliphatic rings. The number of hydrogen-bond acceptors (Lipinski definition) is 3. The normalized spacial score (nSPS) is 14.3. The van der Waals surface area contributed by atoms with Gasteiger partial charge in [0.05, 0.1) is 6.08 Å². The lowest BCUT2D eigenvalue weighted by Gasteiger charge is -2.07. The first-order valence-electron chi connectivity index (χ1n) is 3.89. The van der Waals surface area contributed by atoms with Crippen molar-refractivity contribution in [3.63, 3.8) is 0 Å². The molecule has 0 bridgehead atoms. The van der Waals surface area contributed by atoms with Crippen molar-refractivity contribution in [2.45, 2.75) is 32.3 Å². The number of carboxylic acid groups (broad SMARTS) is 1. The van der Waals surface area contributed by atoms with Gasteiger partial charge in [-0.2, -0.15) is 0 Å². The molecule has 4 nitrogen and oxygen atoms in total. The maximum absolute atomic E-state index is 10.0. The third-order valence-electron chi connectivity index (χ3n) is 1.44. The summed E-state index contributed by atoms with van der Waals surface area (Å²) >= 11 is 0. The van der Waals surface area contributed by atoms with Gasteiger partial charge in [0, 0.05) is 0 Å². The molecule has 0 aromatic heterocycles. The molecule has 3 N–H and O–H groups in total. The van der Waals surface area contributed by atoms with E-state index in [2.05, 4.69) is 0 Å². The number of hydrogen-bond donors (Lipinski definition) is 3. The molecule has 0 spiro atoms. The van der Waals surface area contributed by atoms with Crippen LogP contribution in [0.2, 0.25) is 0 Å². The first-order chi connectivity index (χ1) is 5.57. The first-order valence-corrected chi connectivity index (χ1v) is 3.89. The van der Waals surface area contributed by atoms with E-state index in [0.717, 1.165) is 12.8 Å². The average molecular weight is 174 g/mol. The molecule has 0 radical (unpaired) electrons. The van der Waals surface area contributed by atoms with Gasteiger partial charge in [-0.25, -0.2) is 4.79 Å². The molecule has 0 aliphatic heterocycles. The van der Waals surface area contributed by atoms with Gasteiger partial charge in [-0.1, -0.05) is 19.8 Å². The number of carbonyl (C=O) groups is 1. The van der Waals surface area contributed by atoms with E-state index >= 15 is 0 Å². The third kappa shape index (κ3) is 4.73. The summed E-state index contributed by atoms with van der Waals surface area (Å²) in [6, 6.07) is 0. The fraction of sp³-hybridized carbons (Fsp3) is 0.625. The maximum Gasteiger partial charge on any atom is 0.331 e. The highest BCUT2D eigenvalue weighted by Crippen LogP contribution is 2.06. The Bertz CT molecular complexity index is 174. The summed E-state index contributed by atoms with van der Waals surface area (Å²) in [5.74, 6) is -1.72. The molecule has 1 unspecified atom stereocenters. The molecule has 1 atom stereocenters. The van der Waals surface area contributed by atoms with Crippen molar-refractivity contribution in [1.29, 1.82) is 0 Å². The van der Waals surface area contributed by atoms with E-state index in [-0.39, 0.29) is 0 Å². The van der Waals surface area contributed by atoms with Gasteiger partial charge >= 0.3 is 5.97 Å². The van der Waals surface area contributed by atoms with Crippen LogP contribution in [0.5, 0.6) is 0 Å². The minimum absolute atomic E-state index is 0.395. The summed E-state index contributed by atoms with van der Waals surface area (Å²) in [5, 5.41) is 26.3. The van der Waals surface area contributed by atoms with Crippen LogP contribution in [0.25, 0.3) is 0 Å². The molecule has 70 valence electrons. The van der Waals surface area contributed by atoms with Gasteiger partial charge in [-0.3, -0.25) is 0 Å². The van der Waals surface area contributed by atoms with Gasteiger partial charge in [0.1, 0.15) is 11.9 Å². The Morgan fingerprint density at radius 1 is 1.50 bits per heavy atom. The van der Waals surface area contributed by atoms with Crippen LogP contribution in [-0.4, -0.2) is 27.4 Å². The second-order valence-corrected chi connectivity index (χ2v) is 2.57. The number of aliphatic hydroxyl groups excluding tert-OH is 2. The minimum atomic E-state index is -1.25. The minimum Gasteiger partial charge on any atom is -0.509 e. The Balaban J connectivity index is 3.91. The average Bonchev–Trinajstić information content (AvgIpc) is 1.98. The van der Waals surface area contributed by atoms with Crippen molar-refractivity contribution >= 4 is 5.97 Å². The van der Waals surface area contributed by atoms with Crippen LogP contribution >= 0.6 is 0 Å². The topological polar surface area (TPSA) is 77.8 Å². The van der Waals surface area contributed by atoms with Gasteiger partial charge in [0.25, 0.3) is 0 Å². The highest BCUT2D eigenvalue weighted by Gasteiger charge is 2.09. The van der Waals surface area contributed by atoms with Crippen LogP contribution < -0.4 is 0 Å². The number of aliphatic hydroxyl groups is 2. The Morgan fingerprint density at radius 3 is 2.50 bits per heavy atom. The van der Waals surface area contributed by atoms with E-state index in [9.17, 15) is 4.79 Å². The van der Waals surface area contributed by atoms with E-state index in [4.69, 9.17) is 15.3 Å². The van der Waals surface area contributed by atoms with E-state index in [1.807, 2.05) is 6.92 Å². The first kappa shape index (κ1) is 11.0. The van der Waals surface area contributed by atoms with Crippen LogP contribution in [-0.2, 0) is 4.79 Å². The van der Waals surface area contributed by atoms with Gasteiger partial charge in [0.15, 0.2) is 0 Å². The van der Waals surface area contributed by atoms with E-state index in [1.54, 1.807) is 0 Å². The predicted molar refractivity (Wildman–Crippen MR) is 43.9 cm³/mol. The van der Waals surface area contributed by atoms with Crippen molar-refractivity contribution in [2.24, 2.45) is 0 Å². The lowest BCUT2D eigenvalue weighted by atomic mass is 10.1. The zero-order chi connectivity index (χ0) is 9.56. The van der Waals surface area contributed by atoms with E-state index in [1.165, 1.54) is 0 Å².